The molecule has 0 bridgehead atoms. The van der Waals surface area contributed by atoms with E-state index in [9.17, 15) is 4.79 Å². The van der Waals surface area contributed by atoms with E-state index in [0.29, 0.717) is 24.3 Å². The number of Topliss-reactive ketones (excluding diaryl/α,β-unsaturated/α-hetero) is 1. The topological polar surface area (TPSA) is 35.5 Å². The Hall–Kier alpha value is -3.40. The van der Waals surface area contributed by atoms with Crippen LogP contribution in [0.2, 0.25) is 0 Å². The summed E-state index contributed by atoms with van der Waals surface area (Å²) in [5, 5.41) is 0. The van der Waals surface area contributed by atoms with Gasteiger partial charge >= 0.3 is 0 Å². The fourth-order valence-corrected chi connectivity index (χ4v) is 6.46. The van der Waals surface area contributed by atoms with E-state index >= 15 is 4.39 Å². The maximum atomic E-state index is 15.1. The number of hydrogen-bond acceptors (Lipinski definition) is 3. The quantitative estimate of drug-likeness (QED) is 0.294. The van der Waals surface area contributed by atoms with Gasteiger partial charge in [-0.05, 0) is 113 Å². The SMILES string of the molecule is COc1ccc(F)c(-c2ccc(COc3ccc4c(c3)[C@@H](CC(C)=O)C(C)(C)C4)cc2C2=CCCC2(C)C)c1. The molecule has 0 heterocycles. The van der Waals surface area contributed by atoms with Crippen LogP contribution in [0.15, 0.2) is 60.7 Å². The van der Waals surface area contributed by atoms with Crippen LogP contribution in [0.1, 0.15) is 82.1 Å². The zero-order valence-electron chi connectivity index (χ0n) is 24.0. The standard InChI is InChI=1S/C35H39FO3/c1-22(37)16-32-28-19-26(11-10-24(28)20-35(32,4)5)39-21-23-9-13-27(30-18-25(38-6)12-14-33(30)36)29(17-23)31-8-7-15-34(31,2)3/h8-14,17-19,32H,7,15-16,20-21H2,1-6H3/t32-/m1/s1. The first-order valence-corrected chi connectivity index (χ1v) is 13.9. The third-order valence-electron chi connectivity index (χ3n) is 8.66. The molecule has 0 fully saturated rings. The highest BCUT2D eigenvalue weighted by Crippen LogP contribution is 2.50. The number of carbonyl (C=O) groups excluding carboxylic acids is 1. The van der Waals surface area contributed by atoms with E-state index in [1.165, 1.54) is 22.8 Å². The van der Waals surface area contributed by atoms with Crippen molar-refractivity contribution in [3.05, 3.63) is 88.7 Å². The highest BCUT2D eigenvalue weighted by molar-refractivity contribution is 5.85. The molecule has 0 saturated carbocycles. The van der Waals surface area contributed by atoms with Crippen LogP contribution in [0.5, 0.6) is 11.5 Å². The summed E-state index contributed by atoms with van der Waals surface area (Å²) >= 11 is 0. The molecule has 2 aliphatic carbocycles. The van der Waals surface area contributed by atoms with Gasteiger partial charge in [-0.2, -0.15) is 0 Å². The molecular weight excluding hydrogens is 487 g/mol. The molecule has 0 unspecified atom stereocenters. The van der Waals surface area contributed by atoms with E-state index < -0.39 is 0 Å². The Labute approximate surface area is 232 Å². The van der Waals surface area contributed by atoms with E-state index in [1.807, 2.05) is 18.2 Å². The molecular formula is C35H39FO3. The molecule has 0 spiro atoms. The van der Waals surface area contributed by atoms with E-state index in [4.69, 9.17) is 9.47 Å². The fourth-order valence-electron chi connectivity index (χ4n) is 6.46. The van der Waals surface area contributed by atoms with E-state index in [2.05, 4.69) is 52.0 Å². The second-order valence-electron chi connectivity index (χ2n) is 12.5. The summed E-state index contributed by atoms with van der Waals surface area (Å²) in [4.78, 5) is 12.0. The number of carbonyl (C=O) groups is 1. The van der Waals surface area contributed by atoms with Gasteiger partial charge in [0.25, 0.3) is 0 Å². The van der Waals surface area contributed by atoms with Crippen molar-refractivity contribution in [2.75, 3.05) is 7.11 Å². The maximum Gasteiger partial charge on any atom is 0.131 e. The molecule has 3 aromatic carbocycles. The normalized spacial score (nSPS) is 18.9. The van der Waals surface area contributed by atoms with Gasteiger partial charge in [0.05, 0.1) is 7.11 Å². The van der Waals surface area contributed by atoms with Crippen LogP contribution in [0.3, 0.4) is 0 Å². The Morgan fingerprint density at radius 1 is 0.949 bits per heavy atom. The Kier molecular flexibility index (Phi) is 7.17. The van der Waals surface area contributed by atoms with Crippen LogP contribution in [0, 0.1) is 16.6 Å². The van der Waals surface area contributed by atoms with Gasteiger partial charge in [0.1, 0.15) is 29.7 Å². The molecule has 0 radical (unpaired) electrons. The second-order valence-corrected chi connectivity index (χ2v) is 12.5. The Bertz CT molecular complexity index is 1450. The summed E-state index contributed by atoms with van der Waals surface area (Å²) in [6, 6.07) is 17.4. The first-order valence-electron chi connectivity index (χ1n) is 13.9. The number of ether oxygens (including phenoxy) is 2. The lowest BCUT2D eigenvalue weighted by molar-refractivity contribution is -0.117. The number of allylic oxidation sites excluding steroid dienone is 2. The zero-order chi connectivity index (χ0) is 27.9. The lowest BCUT2D eigenvalue weighted by Gasteiger charge is -2.27. The number of methoxy groups -OCH3 is 1. The van der Waals surface area contributed by atoms with Gasteiger partial charge in [-0.1, -0.05) is 52.0 Å². The number of benzene rings is 3. The molecule has 39 heavy (non-hydrogen) atoms. The Balaban J connectivity index is 1.46. The van der Waals surface area contributed by atoms with Crippen molar-refractivity contribution in [1.29, 1.82) is 0 Å². The van der Waals surface area contributed by atoms with Crippen molar-refractivity contribution in [3.8, 4) is 22.6 Å². The first-order chi connectivity index (χ1) is 18.5. The van der Waals surface area contributed by atoms with Gasteiger partial charge < -0.3 is 14.3 Å². The van der Waals surface area contributed by atoms with Crippen LogP contribution in [0.25, 0.3) is 16.7 Å². The highest BCUT2D eigenvalue weighted by atomic mass is 19.1. The minimum atomic E-state index is -0.265. The van der Waals surface area contributed by atoms with Crippen LogP contribution in [0.4, 0.5) is 4.39 Å². The maximum absolute atomic E-state index is 15.1. The number of hydrogen-bond donors (Lipinski definition) is 0. The summed E-state index contributed by atoms with van der Waals surface area (Å²) in [5.41, 5.74) is 7.31. The molecule has 4 heteroatoms. The van der Waals surface area contributed by atoms with Gasteiger partial charge in [-0.15, -0.1) is 0 Å². The fraction of sp³-hybridized carbons (Fsp3) is 0.400. The summed E-state index contributed by atoms with van der Waals surface area (Å²) in [6.45, 7) is 11.1. The number of rotatable bonds is 8. The van der Waals surface area contributed by atoms with Crippen molar-refractivity contribution < 1.29 is 18.7 Å². The molecule has 0 aromatic heterocycles. The highest BCUT2D eigenvalue weighted by Gasteiger charge is 2.39. The summed E-state index contributed by atoms with van der Waals surface area (Å²) < 4.78 is 26.8. The third-order valence-corrected chi connectivity index (χ3v) is 8.66. The van der Waals surface area contributed by atoms with Crippen molar-refractivity contribution in [2.24, 2.45) is 10.8 Å². The molecule has 0 aliphatic heterocycles. The van der Waals surface area contributed by atoms with Gasteiger partial charge in [0, 0.05) is 12.0 Å². The second kappa shape index (κ2) is 10.3. The average molecular weight is 527 g/mol. The summed E-state index contributed by atoms with van der Waals surface area (Å²) in [7, 11) is 1.60. The van der Waals surface area contributed by atoms with Crippen molar-refractivity contribution >= 4 is 11.4 Å². The van der Waals surface area contributed by atoms with Gasteiger partial charge in [0.15, 0.2) is 0 Å². The molecule has 0 N–H and O–H groups in total. The molecule has 2 aliphatic rings. The van der Waals surface area contributed by atoms with Crippen molar-refractivity contribution in [1.82, 2.24) is 0 Å². The molecule has 1 atom stereocenters. The van der Waals surface area contributed by atoms with E-state index in [0.717, 1.165) is 41.7 Å². The molecule has 3 aromatic rings. The zero-order valence-corrected chi connectivity index (χ0v) is 24.0. The third kappa shape index (κ3) is 5.39. The lowest BCUT2D eigenvalue weighted by Crippen LogP contribution is -2.19. The van der Waals surface area contributed by atoms with E-state index in [1.54, 1.807) is 26.2 Å². The Morgan fingerprint density at radius 2 is 1.72 bits per heavy atom. The largest absolute Gasteiger partial charge is 0.497 e. The number of fused-ring (bicyclic) bond motifs is 1. The smallest absolute Gasteiger partial charge is 0.131 e. The molecule has 204 valence electrons. The van der Waals surface area contributed by atoms with Crippen LogP contribution in [-0.4, -0.2) is 12.9 Å². The predicted octanol–water partition coefficient (Wildman–Crippen LogP) is 8.93. The number of halogens is 1. The monoisotopic (exact) mass is 526 g/mol. The van der Waals surface area contributed by atoms with Crippen LogP contribution < -0.4 is 9.47 Å². The first kappa shape index (κ1) is 27.2. The molecule has 5 rings (SSSR count). The van der Waals surface area contributed by atoms with E-state index in [-0.39, 0.29) is 28.3 Å². The molecule has 0 amide bonds. The summed E-state index contributed by atoms with van der Waals surface area (Å²) in [6.07, 6.45) is 5.89. The van der Waals surface area contributed by atoms with Crippen molar-refractivity contribution in [3.63, 3.8) is 0 Å². The van der Waals surface area contributed by atoms with Crippen molar-refractivity contribution in [2.45, 2.75) is 72.8 Å². The predicted molar refractivity (Wildman–Crippen MR) is 156 cm³/mol. The minimum absolute atomic E-state index is 0.00207. The van der Waals surface area contributed by atoms with Gasteiger partial charge in [0.2, 0.25) is 0 Å². The summed E-state index contributed by atoms with van der Waals surface area (Å²) in [5.74, 6) is 1.60. The molecule has 0 saturated heterocycles. The average Bonchev–Trinajstić information content (AvgIpc) is 3.37. The van der Waals surface area contributed by atoms with Crippen LogP contribution >= 0.6 is 0 Å². The van der Waals surface area contributed by atoms with Gasteiger partial charge in [-0.25, -0.2) is 4.39 Å². The Morgan fingerprint density at radius 3 is 2.41 bits per heavy atom. The number of ketones is 1. The van der Waals surface area contributed by atoms with Gasteiger partial charge in [-0.3, -0.25) is 0 Å². The minimum Gasteiger partial charge on any atom is -0.497 e. The molecule has 3 nitrogen and oxygen atoms in total. The van der Waals surface area contributed by atoms with Crippen LogP contribution in [-0.2, 0) is 17.8 Å². The lowest BCUT2D eigenvalue weighted by atomic mass is 9.77.